The van der Waals surface area contributed by atoms with Crippen molar-refractivity contribution in [3.05, 3.63) is 34.3 Å². The van der Waals surface area contributed by atoms with Crippen molar-refractivity contribution in [1.29, 1.82) is 0 Å². The molecule has 0 heterocycles. The third kappa shape index (κ3) is 2.92. The van der Waals surface area contributed by atoms with Crippen molar-refractivity contribution in [2.24, 2.45) is 0 Å². The molecule has 0 aromatic heterocycles. The average Bonchev–Trinajstić information content (AvgIpc) is 2.17. The summed E-state index contributed by atoms with van der Waals surface area (Å²) in [6.07, 6.45) is 0.814. The molecule has 1 rings (SSSR count). The van der Waals surface area contributed by atoms with Gasteiger partial charge < -0.3 is 0 Å². The van der Waals surface area contributed by atoms with Gasteiger partial charge in [0.05, 0.1) is 4.83 Å². The molecule has 1 nitrogen and oxygen atoms in total. The lowest BCUT2D eigenvalue weighted by atomic mass is 10.1. The molecular weight excluding hydrogens is 296 g/mol. The van der Waals surface area contributed by atoms with Crippen LogP contribution in [-0.2, 0) is 0 Å². The van der Waals surface area contributed by atoms with Gasteiger partial charge in [0.2, 0.25) is 0 Å². The number of carbonyl (C=O) groups excluding carboxylic acids is 1. The van der Waals surface area contributed by atoms with Gasteiger partial charge in [-0.3, -0.25) is 4.79 Å². The van der Waals surface area contributed by atoms with E-state index in [1.54, 1.807) is 0 Å². The van der Waals surface area contributed by atoms with Crippen LogP contribution in [0.1, 0.15) is 23.7 Å². The van der Waals surface area contributed by atoms with E-state index in [0.29, 0.717) is 0 Å². The van der Waals surface area contributed by atoms with Crippen molar-refractivity contribution in [2.45, 2.75) is 18.2 Å². The first kappa shape index (κ1) is 10.9. The maximum absolute atomic E-state index is 11.6. The van der Waals surface area contributed by atoms with E-state index in [0.717, 1.165) is 16.5 Å². The van der Waals surface area contributed by atoms with Crippen LogP contribution in [0.15, 0.2) is 28.7 Å². The minimum absolute atomic E-state index is 0.0614. The van der Waals surface area contributed by atoms with Crippen LogP contribution >= 0.6 is 31.9 Å². The summed E-state index contributed by atoms with van der Waals surface area (Å²) in [5.41, 5.74) is 0.756. The third-order valence-corrected chi connectivity index (χ3v) is 3.36. The fourth-order valence-corrected chi connectivity index (χ4v) is 1.51. The summed E-state index contributed by atoms with van der Waals surface area (Å²) in [6, 6.07) is 7.41. The van der Waals surface area contributed by atoms with Crippen molar-refractivity contribution in [2.75, 3.05) is 0 Å². The average molecular weight is 306 g/mol. The molecule has 3 heteroatoms. The molecule has 0 N–H and O–H groups in total. The van der Waals surface area contributed by atoms with Gasteiger partial charge in [0.15, 0.2) is 5.78 Å². The van der Waals surface area contributed by atoms with Gasteiger partial charge in [0, 0.05) is 10.0 Å². The fraction of sp³-hybridized carbons (Fsp3) is 0.300. The van der Waals surface area contributed by atoms with E-state index in [1.165, 1.54) is 0 Å². The van der Waals surface area contributed by atoms with E-state index in [4.69, 9.17) is 0 Å². The second kappa shape index (κ2) is 4.91. The van der Waals surface area contributed by atoms with Crippen LogP contribution in [0.25, 0.3) is 0 Å². The fourth-order valence-electron chi connectivity index (χ4n) is 0.980. The van der Waals surface area contributed by atoms with E-state index in [2.05, 4.69) is 31.9 Å². The second-order valence-corrected chi connectivity index (χ2v) is 4.77. The number of hydrogen-bond donors (Lipinski definition) is 0. The number of hydrogen-bond acceptors (Lipinski definition) is 1. The summed E-state index contributed by atoms with van der Waals surface area (Å²) in [7, 11) is 0. The zero-order valence-corrected chi connectivity index (χ0v) is 10.4. The highest BCUT2D eigenvalue weighted by Gasteiger charge is 2.13. The molecule has 0 saturated heterocycles. The van der Waals surface area contributed by atoms with Crippen LogP contribution in [0.4, 0.5) is 0 Å². The zero-order valence-electron chi connectivity index (χ0n) is 7.26. The van der Waals surface area contributed by atoms with Gasteiger partial charge in [-0.1, -0.05) is 50.9 Å². The molecule has 70 valence electrons. The predicted octanol–water partition coefficient (Wildman–Crippen LogP) is 3.81. The maximum atomic E-state index is 11.6. The Labute approximate surface area is 94.8 Å². The summed E-state index contributed by atoms with van der Waals surface area (Å²) < 4.78 is 0.992. The highest BCUT2D eigenvalue weighted by atomic mass is 79.9. The number of ketones is 1. The Kier molecular flexibility index (Phi) is 4.13. The first-order valence-electron chi connectivity index (χ1n) is 4.09. The van der Waals surface area contributed by atoms with Gasteiger partial charge in [-0.15, -0.1) is 0 Å². The molecule has 0 spiro atoms. The molecule has 0 saturated carbocycles. The van der Waals surface area contributed by atoms with Crippen molar-refractivity contribution in [1.82, 2.24) is 0 Å². The summed E-state index contributed by atoms with van der Waals surface area (Å²) >= 11 is 6.66. The Balaban J connectivity index is 2.83. The number of rotatable bonds is 3. The van der Waals surface area contributed by atoms with E-state index in [-0.39, 0.29) is 10.6 Å². The third-order valence-electron chi connectivity index (χ3n) is 1.77. The molecule has 0 radical (unpaired) electrons. The molecular formula is C10H10Br2O. The normalized spacial score (nSPS) is 12.5. The Morgan fingerprint density at radius 2 is 1.92 bits per heavy atom. The summed E-state index contributed by atoms with van der Waals surface area (Å²) in [5, 5.41) is 0. The Morgan fingerprint density at radius 1 is 1.38 bits per heavy atom. The Hall–Kier alpha value is -0.150. The monoisotopic (exact) mass is 304 g/mol. The molecule has 0 bridgehead atoms. The molecule has 0 fully saturated rings. The SMILES string of the molecule is CC[C@H](Br)C(=O)c1ccc(Br)cc1. The number of halogens is 2. The lowest BCUT2D eigenvalue weighted by molar-refractivity contribution is 0.0990. The van der Waals surface area contributed by atoms with Crippen LogP contribution in [0.2, 0.25) is 0 Å². The topological polar surface area (TPSA) is 17.1 Å². The van der Waals surface area contributed by atoms with Crippen molar-refractivity contribution in [3.8, 4) is 0 Å². The van der Waals surface area contributed by atoms with Crippen LogP contribution in [-0.4, -0.2) is 10.6 Å². The van der Waals surface area contributed by atoms with Gasteiger partial charge in [0.25, 0.3) is 0 Å². The van der Waals surface area contributed by atoms with E-state index in [9.17, 15) is 4.79 Å². The number of alkyl halides is 1. The van der Waals surface area contributed by atoms with Gasteiger partial charge >= 0.3 is 0 Å². The first-order chi connectivity index (χ1) is 6.15. The van der Waals surface area contributed by atoms with Gasteiger partial charge in [-0.25, -0.2) is 0 Å². The zero-order chi connectivity index (χ0) is 9.84. The van der Waals surface area contributed by atoms with E-state index >= 15 is 0 Å². The second-order valence-electron chi connectivity index (χ2n) is 2.75. The smallest absolute Gasteiger partial charge is 0.176 e. The Bertz CT molecular complexity index is 292. The predicted molar refractivity (Wildman–Crippen MR) is 61.5 cm³/mol. The van der Waals surface area contributed by atoms with Crippen molar-refractivity contribution >= 4 is 37.6 Å². The summed E-state index contributed by atoms with van der Waals surface area (Å²) in [5.74, 6) is 0.148. The van der Waals surface area contributed by atoms with Gasteiger partial charge in [-0.05, 0) is 18.6 Å². The number of Topliss-reactive ketones (excluding diaryl/α,β-unsaturated/α-hetero) is 1. The number of carbonyl (C=O) groups is 1. The highest BCUT2D eigenvalue weighted by Crippen LogP contribution is 2.16. The molecule has 13 heavy (non-hydrogen) atoms. The Morgan fingerprint density at radius 3 is 2.38 bits per heavy atom. The quantitative estimate of drug-likeness (QED) is 0.613. The summed E-state index contributed by atoms with van der Waals surface area (Å²) in [4.78, 5) is 11.6. The van der Waals surface area contributed by atoms with Gasteiger partial charge in [-0.2, -0.15) is 0 Å². The standard InChI is InChI=1S/C10H10Br2O/c1-2-9(12)10(13)7-3-5-8(11)6-4-7/h3-6,9H,2H2,1H3/t9-/m0/s1. The molecule has 1 aromatic rings. The molecule has 0 aliphatic heterocycles. The minimum atomic E-state index is -0.0614. The highest BCUT2D eigenvalue weighted by molar-refractivity contribution is 9.10. The van der Waals surface area contributed by atoms with Crippen LogP contribution in [0.3, 0.4) is 0 Å². The van der Waals surface area contributed by atoms with E-state index in [1.807, 2.05) is 31.2 Å². The maximum Gasteiger partial charge on any atom is 0.176 e. The molecule has 0 unspecified atom stereocenters. The molecule has 0 amide bonds. The largest absolute Gasteiger partial charge is 0.293 e. The van der Waals surface area contributed by atoms with Crippen LogP contribution in [0, 0.1) is 0 Å². The first-order valence-corrected chi connectivity index (χ1v) is 5.80. The lowest BCUT2D eigenvalue weighted by Crippen LogP contribution is -2.12. The molecule has 0 aliphatic rings. The van der Waals surface area contributed by atoms with Crippen LogP contribution < -0.4 is 0 Å². The molecule has 1 aromatic carbocycles. The van der Waals surface area contributed by atoms with Crippen molar-refractivity contribution < 1.29 is 4.79 Å². The molecule has 1 atom stereocenters. The molecule has 0 aliphatic carbocycles. The van der Waals surface area contributed by atoms with Gasteiger partial charge in [0.1, 0.15) is 0 Å². The number of benzene rings is 1. The van der Waals surface area contributed by atoms with E-state index < -0.39 is 0 Å². The van der Waals surface area contributed by atoms with Crippen molar-refractivity contribution in [3.63, 3.8) is 0 Å². The lowest BCUT2D eigenvalue weighted by Gasteiger charge is -2.05. The summed E-state index contributed by atoms with van der Waals surface area (Å²) in [6.45, 7) is 1.98. The van der Waals surface area contributed by atoms with Crippen LogP contribution in [0.5, 0.6) is 0 Å². The minimum Gasteiger partial charge on any atom is -0.293 e.